The number of aliphatic hydroxyl groups excluding tert-OH is 1. The molecule has 0 bridgehead atoms. The molecule has 1 unspecified atom stereocenters. The highest BCUT2D eigenvalue weighted by Gasteiger charge is 2.22. The molecule has 1 atom stereocenters. The fourth-order valence-corrected chi connectivity index (χ4v) is 4.38. The Morgan fingerprint density at radius 2 is 1.96 bits per heavy atom. The Kier molecular flexibility index (Phi) is 7.12. The van der Waals surface area contributed by atoms with Gasteiger partial charge in [0.05, 0.1) is 19.3 Å². The first-order valence-electron chi connectivity index (χ1n) is 9.53. The van der Waals surface area contributed by atoms with Crippen LogP contribution < -0.4 is 9.47 Å². The number of thioether (sulfide) groups is 1. The molecule has 0 heterocycles. The molecule has 0 radical (unpaired) electrons. The van der Waals surface area contributed by atoms with Gasteiger partial charge in [0, 0.05) is 18.0 Å². The third-order valence-electron chi connectivity index (χ3n) is 4.65. The van der Waals surface area contributed by atoms with Crippen molar-refractivity contribution >= 4 is 23.5 Å². The van der Waals surface area contributed by atoms with Crippen LogP contribution in [0.5, 0.6) is 11.5 Å². The van der Waals surface area contributed by atoms with Crippen molar-refractivity contribution in [1.29, 1.82) is 0 Å². The molecule has 5 nitrogen and oxygen atoms in total. The van der Waals surface area contributed by atoms with E-state index in [1.807, 2.05) is 44.2 Å². The van der Waals surface area contributed by atoms with Crippen molar-refractivity contribution in [1.82, 2.24) is 0 Å². The van der Waals surface area contributed by atoms with Crippen molar-refractivity contribution in [2.75, 3.05) is 13.2 Å². The summed E-state index contributed by atoms with van der Waals surface area (Å²) in [6.45, 7) is 8.54. The molecule has 0 aliphatic heterocycles. The van der Waals surface area contributed by atoms with Gasteiger partial charge in [0.2, 0.25) is 0 Å². The number of hydrogen-bond acceptors (Lipinski definition) is 6. The SMILES string of the molecule is C=N/N=C(\SCc1cccc2c1CCC2O)c1ccc(OCC)c(OCC)c1. The summed E-state index contributed by atoms with van der Waals surface area (Å²) in [5.74, 6) is 2.17. The summed E-state index contributed by atoms with van der Waals surface area (Å²) in [6, 6.07) is 11.9. The Bertz CT molecular complexity index is 867. The first kappa shape index (κ1) is 20.4. The number of ether oxygens (including phenoxy) is 2. The third kappa shape index (κ3) is 4.56. The number of aliphatic hydroxyl groups is 1. The molecule has 28 heavy (non-hydrogen) atoms. The second-order valence-corrected chi connectivity index (χ2v) is 7.37. The van der Waals surface area contributed by atoms with Crippen LogP contribution in [-0.2, 0) is 12.2 Å². The summed E-state index contributed by atoms with van der Waals surface area (Å²) in [4.78, 5) is 0. The van der Waals surface area contributed by atoms with E-state index in [1.165, 1.54) is 11.1 Å². The van der Waals surface area contributed by atoms with E-state index >= 15 is 0 Å². The van der Waals surface area contributed by atoms with Gasteiger partial charge in [-0.3, -0.25) is 0 Å². The van der Waals surface area contributed by atoms with E-state index in [0.717, 1.165) is 40.5 Å². The van der Waals surface area contributed by atoms with Gasteiger partial charge in [-0.05, 0) is 61.6 Å². The highest BCUT2D eigenvalue weighted by molar-refractivity contribution is 8.13. The average molecular weight is 399 g/mol. The van der Waals surface area contributed by atoms with Crippen molar-refractivity contribution in [3.05, 3.63) is 58.7 Å². The van der Waals surface area contributed by atoms with Crippen LogP contribution in [0, 0.1) is 0 Å². The summed E-state index contributed by atoms with van der Waals surface area (Å²) in [6.07, 6.45) is 1.36. The van der Waals surface area contributed by atoms with Crippen LogP contribution in [0.2, 0.25) is 0 Å². The molecule has 0 spiro atoms. The van der Waals surface area contributed by atoms with Gasteiger partial charge >= 0.3 is 0 Å². The van der Waals surface area contributed by atoms with Crippen LogP contribution >= 0.6 is 11.8 Å². The fourth-order valence-electron chi connectivity index (χ4n) is 3.41. The van der Waals surface area contributed by atoms with Gasteiger partial charge in [-0.25, -0.2) is 0 Å². The second kappa shape index (κ2) is 9.75. The lowest BCUT2D eigenvalue weighted by Crippen LogP contribution is -2.02. The van der Waals surface area contributed by atoms with Crippen molar-refractivity contribution in [2.45, 2.75) is 38.5 Å². The van der Waals surface area contributed by atoms with Crippen LogP contribution in [0.3, 0.4) is 0 Å². The lowest BCUT2D eigenvalue weighted by molar-refractivity contribution is 0.180. The number of hydrogen-bond donors (Lipinski definition) is 1. The maximum absolute atomic E-state index is 10.1. The van der Waals surface area contributed by atoms with Gasteiger partial charge in [0.25, 0.3) is 0 Å². The molecule has 0 saturated carbocycles. The lowest BCUT2D eigenvalue weighted by atomic mass is 10.0. The normalized spacial score (nSPS) is 16.0. The fraction of sp³-hybridized carbons (Fsp3) is 0.364. The Labute approximate surface area is 170 Å². The van der Waals surface area contributed by atoms with Crippen LogP contribution in [0.4, 0.5) is 0 Å². The number of rotatable bonds is 8. The number of nitrogens with zero attached hydrogens (tertiary/aromatic N) is 2. The molecule has 3 rings (SSSR count). The summed E-state index contributed by atoms with van der Waals surface area (Å²) >= 11 is 1.60. The molecule has 1 aliphatic carbocycles. The summed E-state index contributed by atoms with van der Waals surface area (Å²) in [5.41, 5.74) is 4.46. The Balaban J connectivity index is 1.82. The third-order valence-corrected chi connectivity index (χ3v) is 5.70. The van der Waals surface area contributed by atoms with E-state index < -0.39 is 0 Å². The largest absolute Gasteiger partial charge is 0.490 e. The quantitative estimate of drug-likeness (QED) is 0.396. The van der Waals surface area contributed by atoms with E-state index in [0.29, 0.717) is 19.0 Å². The van der Waals surface area contributed by atoms with Crippen molar-refractivity contribution in [2.24, 2.45) is 10.2 Å². The number of benzene rings is 2. The smallest absolute Gasteiger partial charge is 0.161 e. The van der Waals surface area contributed by atoms with Crippen molar-refractivity contribution in [3.63, 3.8) is 0 Å². The van der Waals surface area contributed by atoms with E-state index in [2.05, 4.69) is 23.0 Å². The molecule has 6 heteroatoms. The maximum Gasteiger partial charge on any atom is 0.161 e. The summed E-state index contributed by atoms with van der Waals surface area (Å²) in [5, 5.41) is 18.9. The zero-order chi connectivity index (χ0) is 19.9. The molecule has 2 aromatic carbocycles. The topological polar surface area (TPSA) is 63.4 Å². The monoisotopic (exact) mass is 398 g/mol. The van der Waals surface area contributed by atoms with Crippen LogP contribution in [0.15, 0.2) is 46.6 Å². The number of fused-ring (bicyclic) bond motifs is 1. The van der Waals surface area contributed by atoms with Crippen molar-refractivity contribution < 1.29 is 14.6 Å². The Morgan fingerprint density at radius 1 is 1.18 bits per heavy atom. The van der Waals surface area contributed by atoms with Gasteiger partial charge < -0.3 is 14.6 Å². The Hall–Kier alpha value is -2.31. The van der Waals surface area contributed by atoms with E-state index in [9.17, 15) is 5.11 Å². The van der Waals surface area contributed by atoms with E-state index in [-0.39, 0.29) is 6.10 Å². The highest BCUT2D eigenvalue weighted by atomic mass is 32.2. The molecular formula is C22H26N2O3S. The molecule has 2 aromatic rings. The molecule has 0 amide bonds. The molecule has 148 valence electrons. The van der Waals surface area contributed by atoms with Gasteiger partial charge in [-0.1, -0.05) is 30.0 Å². The Morgan fingerprint density at radius 3 is 2.71 bits per heavy atom. The summed E-state index contributed by atoms with van der Waals surface area (Å²) in [7, 11) is 0. The zero-order valence-corrected chi connectivity index (χ0v) is 17.2. The van der Waals surface area contributed by atoms with Crippen LogP contribution in [0.25, 0.3) is 0 Å². The lowest BCUT2D eigenvalue weighted by Gasteiger charge is -2.14. The molecule has 0 saturated heterocycles. The van der Waals surface area contributed by atoms with Crippen LogP contribution in [0.1, 0.15) is 48.6 Å². The molecule has 1 aliphatic rings. The maximum atomic E-state index is 10.1. The predicted octanol–water partition coefficient (Wildman–Crippen LogP) is 4.76. The molecule has 0 fully saturated rings. The highest BCUT2D eigenvalue weighted by Crippen LogP contribution is 2.36. The average Bonchev–Trinajstić information content (AvgIpc) is 3.09. The van der Waals surface area contributed by atoms with Gasteiger partial charge in [-0.15, -0.1) is 5.10 Å². The first-order valence-corrected chi connectivity index (χ1v) is 10.5. The first-order chi connectivity index (χ1) is 13.7. The molecular weight excluding hydrogens is 372 g/mol. The minimum atomic E-state index is -0.345. The van der Waals surface area contributed by atoms with Crippen molar-refractivity contribution in [3.8, 4) is 11.5 Å². The minimum Gasteiger partial charge on any atom is -0.490 e. The second-order valence-electron chi connectivity index (χ2n) is 6.40. The van der Waals surface area contributed by atoms with E-state index in [1.54, 1.807) is 11.8 Å². The minimum absolute atomic E-state index is 0.345. The summed E-state index contributed by atoms with van der Waals surface area (Å²) < 4.78 is 11.4. The van der Waals surface area contributed by atoms with Gasteiger partial charge in [0.15, 0.2) is 11.5 Å². The molecule has 1 N–H and O–H groups in total. The van der Waals surface area contributed by atoms with E-state index in [4.69, 9.17) is 9.47 Å². The standard InChI is InChI=1S/C22H26N2O3S/c1-4-26-20-12-9-15(13-21(20)27-5-2)22(24-23-3)28-14-16-7-6-8-18-17(16)10-11-19(18)25/h6-9,12-13,19,25H,3-5,10-11,14H2,1-2H3/b24-22-. The van der Waals surface area contributed by atoms with Crippen LogP contribution in [-0.4, -0.2) is 30.1 Å². The predicted molar refractivity (Wildman–Crippen MR) is 116 cm³/mol. The van der Waals surface area contributed by atoms with Gasteiger partial charge in [0.1, 0.15) is 5.04 Å². The van der Waals surface area contributed by atoms with Gasteiger partial charge in [-0.2, -0.15) is 5.10 Å². The molecule has 0 aromatic heterocycles. The zero-order valence-electron chi connectivity index (χ0n) is 16.4.